The van der Waals surface area contributed by atoms with Gasteiger partial charge >= 0.3 is 29.6 Å². The summed E-state index contributed by atoms with van der Waals surface area (Å²) >= 11 is 0. The largest absolute Gasteiger partial charge is 1.00 e. The molecule has 0 saturated heterocycles. The van der Waals surface area contributed by atoms with Crippen LogP contribution in [0.1, 0.15) is 12.8 Å². The maximum Gasteiger partial charge on any atom is 1.00 e. The summed E-state index contributed by atoms with van der Waals surface area (Å²) in [7, 11) is -7.05. The summed E-state index contributed by atoms with van der Waals surface area (Å²) in [5.41, 5.74) is 0. The van der Waals surface area contributed by atoms with E-state index in [2.05, 4.69) is 4.18 Å². The quantitative estimate of drug-likeness (QED) is 0.171. The zero-order valence-electron chi connectivity index (χ0n) is 9.13. The molecule has 0 unspecified atom stereocenters. The third-order valence-corrected chi connectivity index (χ3v) is 2.43. The average Bonchev–Trinajstić information content (AvgIpc) is 1.92. The summed E-state index contributed by atoms with van der Waals surface area (Å²) in [5, 5.41) is 0. The van der Waals surface area contributed by atoms with Crippen LogP contribution >= 0.6 is 7.37 Å². The molecule has 9 heteroatoms. The standard InChI is InChI=1S/C6H15O6PS.Na/c1-13(2,7)11-5-3-4-6-12-14(8,9)10;/h3-6H2,1-2H3,(H,8,9,10);/q;+1/p-1. The molecule has 0 aliphatic carbocycles. The van der Waals surface area contributed by atoms with E-state index in [0.29, 0.717) is 12.8 Å². The Hall–Kier alpha value is 1.06. The normalized spacial score (nSPS) is 12.2. The monoisotopic (exact) mass is 268 g/mol. The molecule has 15 heavy (non-hydrogen) atoms. The Morgan fingerprint density at radius 2 is 1.67 bits per heavy atom. The first kappa shape index (κ1) is 18.4. The Labute approximate surface area is 112 Å². The minimum Gasteiger partial charge on any atom is -0.726 e. The van der Waals surface area contributed by atoms with E-state index < -0.39 is 17.8 Å². The van der Waals surface area contributed by atoms with E-state index >= 15 is 0 Å². The summed E-state index contributed by atoms with van der Waals surface area (Å²) in [6, 6.07) is 0. The molecule has 0 spiro atoms. The van der Waals surface area contributed by atoms with Gasteiger partial charge in [0.2, 0.25) is 10.4 Å². The van der Waals surface area contributed by atoms with Crippen LogP contribution in [-0.2, 0) is 23.7 Å². The summed E-state index contributed by atoms with van der Waals surface area (Å²) in [6.07, 6.45) is 0.878. The van der Waals surface area contributed by atoms with Crippen molar-refractivity contribution in [2.45, 2.75) is 12.8 Å². The molecule has 6 nitrogen and oxygen atoms in total. The van der Waals surface area contributed by atoms with Gasteiger partial charge in [-0.05, 0) is 12.8 Å². The second-order valence-electron chi connectivity index (χ2n) is 3.02. The van der Waals surface area contributed by atoms with Gasteiger partial charge in [-0.2, -0.15) is 0 Å². The van der Waals surface area contributed by atoms with Crippen LogP contribution in [-0.4, -0.2) is 39.5 Å². The molecule has 0 rings (SSSR count). The SMILES string of the molecule is CP(C)(=O)OCCCCOS(=O)(=O)[O-].[Na+]. The van der Waals surface area contributed by atoms with Crippen LogP contribution in [0.5, 0.6) is 0 Å². The molecular formula is C6H14NaO6PS. The maximum absolute atomic E-state index is 11.0. The van der Waals surface area contributed by atoms with E-state index in [1.165, 1.54) is 13.3 Å². The van der Waals surface area contributed by atoms with E-state index in [-0.39, 0.29) is 42.8 Å². The summed E-state index contributed by atoms with van der Waals surface area (Å²) in [4.78, 5) is 0. The van der Waals surface area contributed by atoms with Gasteiger partial charge in [0.15, 0.2) is 7.37 Å². The van der Waals surface area contributed by atoms with Crippen LogP contribution in [0.4, 0.5) is 0 Å². The van der Waals surface area contributed by atoms with Crippen molar-refractivity contribution in [1.29, 1.82) is 0 Å². The Morgan fingerprint density at radius 3 is 2.07 bits per heavy atom. The van der Waals surface area contributed by atoms with E-state index in [0.717, 1.165) is 0 Å². The van der Waals surface area contributed by atoms with Gasteiger partial charge in [0, 0.05) is 13.3 Å². The van der Waals surface area contributed by atoms with Crippen LogP contribution < -0.4 is 29.6 Å². The van der Waals surface area contributed by atoms with Crippen LogP contribution in [0.25, 0.3) is 0 Å². The Morgan fingerprint density at radius 1 is 1.20 bits per heavy atom. The van der Waals surface area contributed by atoms with Crippen LogP contribution in [0.3, 0.4) is 0 Å². The molecule has 0 heterocycles. The van der Waals surface area contributed by atoms with Gasteiger partial charge in [-0.25, -0.2) is 8.42 Å². The predicted molar refractivity (Wildman–Crippen MR) is 50.3 cm³/mol. The second kappa shape index (κ2) is 8.20. The zero-order chi connectivity index (χ0) is 11.2. The van der Waals surface area contributed by atoms with Gasteiger partial charge in [-0.3, -0.25) is 8.75 Å². The number of hydrogen-bond acceptors (Lipinski definition) is 6. The topological polar surface area (TPSA) is 92.7 Å². The smallest absolute Gasteiger partial charge is 0.726 e. The maximum atomic E-state index is 11.0. The van der Waals surface area contributed by atoms with Crippen molar-refractivity contribution in [3.63, 3.8) is 0 Å². The minimum absolute atomic E-state index is 0. The molecule has 0 saturated carbocycles. The van der Waals surface area contributed by atoms with Crippen LogP contribution in [0, 0.1) is 0 Å². The zero-order valence-corrected chi connectivity index (χ0v) is 12.8. The first-order valence-electron chi connectivity index (χ1n) is 4.00. The van der Waals surface area contributed by atoms with Crippen molar-refractivity contribution in [3.8, 4) is 0 Å². The molecule has 0 N–H and O–H groups in total. The van der Waals surface area contributed by atoms with Crippen molar-refractivity contribution in [3.05, 3.63) is 0 Å². The fourth-order valence-corrected chi connectivity index (χ4v) is 1.54. The van der Waals surface area contributed by atoms with Gasteiger partial charge in [0.05, 0.1) is 13.2 Å². The van der Waals surface area contributed by atoms with Crippen molar-refractivity contribution >= 4 is 17.8 Å². The molecule has 0 aliphatic rings. The Balaban J connectivity index is 0. The van der Waals surface area contributed by atoms with Gasteiger partial charge in [0.1, 0.15) is 0 Å². The third kappa shape index (κ3) is 17.7. The van der Waals surface area contributed by atoms with E-state index in [9.17, 15) is 17.5 Å². The van der Waals surface area contributed by atoms with E-state index in [1.807, 2.05) is 0 Å². The van der Waals surface area contributed by atoms with Gasteiger partial charge in [-0.15, -0.1) is 0 Å². The van der Waals surface area contributed by atoms with Crippen LogP contribution in [0.15, 0.2) is 0 Å². The molecule has 0 aromatic rings. The van der Waals surface area contributed by atoms with Crippen molar-refractivity contribution in [2.75, 3.05) is 26.5 Å². The van der Waals surface area contributed by atoms with Crippen LogP contribution in [0.2, 0.25) is 0 Å². The van der Waals surface area contributed by atoms with Crippen molar-refractivity contribution in [1.82, 2.24) is 0 Å². The molecule has 0 fully saturated rings. The van der Waals surface area contributed by atoms with Crippen molar-refractivity contribution in [2.24, 2.45) is 0 Å². The van der Waals surface area contributed by atoms with E-state index in [4.69, 9.17) is 4.52 Å². The summed E-state index contributed by atoms with van der Waals surface area (Å²) in [5.74, 6) is 0. The summed E-state index contributed by atoms with van der Waals surface area (Å²) in [6.45, 7) is 3.09. The third-order valence-electron chi connectivity index (χ3n) is 1.17. The number of unbranched alkanes of at least 4 members (excludes halogenated alkanes) is 1. The van der Waals surface area contributed by atoms with Gasteiger partial charge < -0.3 is 9.08 Å². The first-order valence-corrected chi connectivity index (χ1v) is 7.86. The Kier molecular flexibility index (Phi) is 10.1. The fourth-order valence-electron chi connectivity index (χ4n) is 0.650. The van der Waals surface area contributed by atoms with Crippen molar-refractivity contribution < 1.29 is 55.8 Å². The first-order chi connectivity index (χ1) is 6.21. The van der Waals surface area contributed by atoms with Gasteiger partial charge in [-0.1, -0.05) is 0 Å². The molecule has 0 atom stereocenters. The molecule has 0 radical (unpaired) electrons. The number of rotatable bonds is 7. The molecular weight excluding hydrogens is 254 g/mol. The second-order valence-corrected chi connectivity index (χ2v) is 6.84. The molecule has 0 aromatic carbocycles. The Bertz CT molecular complexity index is 297. The molecule has 0 aromatic heterocycles. The average molecular weight is 268 g/mol. The molecule has 86 valence electrons. The number of hydrogen-bond donors (Lipinski definition) is 0. The molecule has 0 amide bonds. The summed E-state index contributed by atoms with van der Waals surface area (Å²) < 4.78 is 49.8. The predicted octanol–water partition coefficient (Wildman–Crippen LogP) is -2.20. The minimum atomic E-state index is -4.59. The van der Waals surface area contributed by atoms with E-state index in [1.54, 1.807) is 0 Å². The molecule has 0 aliphatic heterocycles. The molecule has 0 bridgehead atoms. The van der Waals surface area contributed by atoms with Gasteiger partial charge in [0.25, 0.3) is 0 Å². The fraction of sp³-hybridized carbons (Fsp3) is 1.00.